The van der Waals surface area contributed by atoms with Crippen molar-refractivity contribution in [2.24, 2.45) is 5.92 Å². The van der Waals surface area contributed by atoms with Crippen molar-refractivity contribution < 1.29 is 19.3 Å². The molecular formula is C15H23FN3O2+. The van der Waals surface area contributed by atoms with Gasteiger partial charge in [-0.15, -0.1) is 0 Å². The minimum absolute atomic E-state index is 0.0330. The molecular weight excluding hydrogens is 273 g/mol. The molecule has 1 atom stereocenters. The number of carbonyl (C=O) groups excluding carboxylic acids is 2. The van der Waals surface area contributed by atoms with Crippen LogP contribution in [0.15, 0.2) is 24.3 Å². The number of imide groups is 1. The normalized spacial score (nSPS) is 12.0. The zero-order chi connectivity index (χ0) is 15.8. The fourth-order valence-corrected chi connectivity index (χ4v) is 2.09. The number of hydrogen-bond acceptors (Lipinski definition) is 2. The zero-order valence-corrected chi connectivity index (χ0v) is 12.7. The van der Waals surface area contributed by atoms with Gasteiger partial charge in [0.25, 0.3) is 5.91 Å². The first-order valence-corrected chi connectivity index (χ1v) is 7.10. The Morgan fingerprint density at radius 2 is 1.86 bits per heavy atom. The van der Waals surface area contributed by atoms with Gasteiger partial charge < -0.3 is 10.6 Å². The molecule has 116 valence electrons. The van der Waals surface area contributed by atoms with E-state index in [1.807, 2.05) is 19.2 Å². The molecule has 0 spiro atoms. The monoisotopic (exact) mass is 296 g/mol. The summed E-state index contributed by atoms with van der Waals surface area (Å²) in [5, 5.41) is 6.61. The molecule has 0 radical (unpaired) electrons. The Balaban J connectivity index is 2.58. The van der Waals surface area contributed by atoms with Gasteiger partial charge in [-0.3, -0.25) is 10.1 Å². The number of carbonyl (C=O) groups is 2. The lowest BCUT2D eigenvalue weighted by atomic mass is 9.96. The van der Waals surface area contributed by atoms with Gasteiger partial charge in [0.05, 0.1) is 0 Å². The van der Waals surface area contributed by atoms with Crippen LogP contribution in [0.25, 0.3) is 0 Å². The summed E-state index contributed by atoms with van der Waals surface area (Å²) in [6.45, 7) is 6.45. The number of nitrogens with one attached hydrogen (secondary N) is 2. The predicted octanol–water partition coefficient (Wildman–Crippen LogP) is 0.932. The van der Waals surface area contributed by atoms with Gasteiger partial charge >= 0.3 is 6.03 Å². The van der Waals surface area contributed by atoms with Gasteiger partial charge in [-0.25, -0.2) is 9.18 Å². The average Bonchev–Trinajstić information content (AvgIpc) is 2.40. The van der Waals surface area contributed by atoms with Crippen LogP contribution in [0.2, 0.25) is 0 Å². The number of rotatable bonds is 6. The highest BCUT2D eigenvalue weighted by Gasteiger charge is 2.21. The Bertz CT molecular complexity index is 474. The topological polar surface area (TPSA) is 74.8 Å². The molecule has 0 saturated heterocycles. The van der Waals surface area contributed by atoms with Gasteiger partial charge in [-0.1, -0.05) is 26.0 Å². The van der Waals surface area contributed by atoms with Crippen LogP contribution in [0.1, 0.15) is 32.4 Å². The summed E-state index contributed by atoms with van der Waals surface area (Å²) < 4.78 is 13.0. The molecule has 0 unspecified atom stereocenters. The lowest BCUT2D eigenvalue weighted by Crippen LogP contribution is -2.88. The van der Waals surface area contributed by atoms with Crippen molar-refractivity contribution in [1.82, 2.24) is 10.6 Å². The molecule has 0 saturated carbocycles. The SMILES string of the molecule is CCNC(=O)NC(=O)C[NH2+][C@@H](c1ccc(F)cc1)C(C)C. The quantitative estimate of drug-likeness (QED) is 0.730. The number of quaternary nitrogens is 1. The lowest BCUT2D eigenvalue weighted by molar-refractivity contribution is -0.692. The van der Waals surface area contributed by atoms with Crippen molar-refractivity contribution in [3.05, 3.63) is 35.6 Å². The minimum atomic E-state index is -0.487. The zero-order valence-electron chi connectivity index (χ0n) is 12.7. The number of hydrogen-bond donors (Lipinski definition) is 3. The van der Waals surface area contributed by atoms with Crippen LogP contribution in [0.4, 0.5) is 9.18 Å². The number of benzene rings is 1. The van der Waals surface area contributed by atoms with E-state index in [4.69, 9.17) is 0 Å². The van der Waals surface area contributed by atoms with Crippen LogP contribution in [0, 0.1) is 11.7 Å². The third-order valence-electron chi connectivity index (χ3n) is 3.12. The molecule has 0 aromatic heterocycles. The van der Waals surface area contributed by atoms with Crippen molar-refractivity contribution >= 4 is 11.9 Å². The first kappa shape index (κ1) is 17.1. The van der Waals surface area contributed by atoms with Crippen molar-refractivity contribution in [3.63, 3.8) is 0 Å². The molecule has 4 N–H and O–H groups in total. The van der Waals surface area contributed by atoms with E-state index >= 15 is 0 Å². The number of urea groups is 1. The molecule has 0 aliphatic rings. The smallest absolute Gasteiger partial charge is 0.321 e. The lowest BCUT2D eigenvalue weighted by Gasteiger charge is -2.19. The van der Waals surface area contributed by atoms with Gasteiger partial charge in [-0.05, 0) is 19.1 Å². The Hall–Kier alpha value is -1.95. The van der Waals surface area contributed by atoms with E-state index in [0.717, 1.165) is 5.56 Å². The summed E-state index contributed by atoms with van der Waals surface area (Å²) in [5.41, 5.74) is 0.956. The third-order valence-corrected chi connectivity index (χ3v) is 3.12. The molecule has 21 heavy (non-hydrogen) atoms. The van der Waals surface area contributed by atoms with Crippen molar-refractivity contribution in [1.29, 1.82) is 0 Å². The van der Waals surface area contributed by atoms with E-state index in [0.29, 0.717) is 6.54 Å². The highest BCUT2D eigenvalue weighted by Crippen LogP contribution is 2.17. The molecule has 1 rings (SSSR count). The maximum absolute atomic E-state index is 13.0. The molecule has 0 aliphatic heterocycles. The maximum atomic E-state index is 13.0. The van der Waals surface area contributed by atoms with E-state index in [1.165, 1.54) is 12.1 Å². The second kappa shape index (κ2) is 8.36. The second-order valence-electron chi connectivity index (χ2n) is 5.17. The highest BCUT2D eigenvalue weighted by molar-refractivity contribution is 5.94. The number of amides is 3. The first-order valence-electron chi connectivity index (χ1n) is 7.10. The molecule has 0 heterocycles. The third kappa shape index (κ3) is 5.91. The summed E-state index contributed by atoms with van der Waals surface area (Å²) in [6, 6.07) is 5.81. The van der Waals surface area contributed by atoms with E-state index in [2.05, 4.69) is 10.6 Å². The maximum Gasteiger partial charge on any atom is 0.321 e. The van der Waals surface area contributed by atoms with Gasteiger partial charge in [-0.2, -0.15) is 0 Å². The summed E-state index contributed by atoms with van der Waals surface area (Å²) in [5.74, 6) is -0.364. The molecule has 0 bridgehead atoms. The van der Waals surface area contributed by atoms with Gasteiger partial charge in [0.2, 0.25) is 0 Å². The fraction of sp³-hybridized carbons (Fsp3) is 0.467. The van der Waals surface area contributed by atoms with Gasteiger partial charge in [0, 0.05) is 18.0 Å². The van der Waals surface area contributed by atoms with Crippen molar-refractivity contribution in [2.45, 2.75) is 26.8 Å². The van der Waals surface area contributed by atoms with Crippen molar-refractivity contribution in [2.75, 3.05) is 13.1 Å². The molecule has 3 amide bonds. The molecule has 0 fully saturated rings. The van der Waals surface area contributed by atoms with Crippen LogP contribution in [0.3, 0.4) is 0 Å². The second-order valence-corrected chi connectivity index (χ2v) is 5.17. The summed E-state index contributed by atoms with van der Waals surface area (Å²) in [6.07, 6.45) is 0. The van der Waals surface area contributed by atoms with Crippen LogP contribution < -0.4 is 16.0 Å². The Kier molecular flexibility index (Phi) is 6.81. The van der Waals surface area contributed by atoms with E-state index in [1.54, 1.807) is 19.1 Å². The Labute approximate surface area is 124 Å². The first-order chi connectivity index (χ1) is 9.93. The molecule has 0 aliphatic carbocycles. The Morgan fingerprint density at radius 3 is 2.38 bits per heavy atom. The molecule has 5 nitrogen and oxygen atoms in total. The fourth-order valence-electron chi connectivity index (χ4n) is 2.09. The van der Waals surface area contributed by atoms with E-state index in [-0.39, 0.29) is 30.2 Å². The number of halogens is 1. The largest absolute Gasteiger partial charge is 0.338 e. The standard InChI is InChI=1S/C15H22FN3O2/c1-4-17-15(21)19-13(20)9-18-14(10(2)3)11-5-7-12(16)8-6-11/h5-8,10,14,18H,4,9H2,1-3H3,(H2,17,19,20,21)/p+1/t14-/m1/s1. The summed E-state index contributed by atoms with van der Waals surface area (Å²) in [7, 11) is 0. The van der Waals surface area contributed by atoms with Crippen LogP contribution in [-0.2, 0) is 4.79 Å². The van der Waals surface area contributed by atoms with E-state index in [9.17, 15) is 14.0 Å². The molecule has 1 aromatic rings. The van der Waals surface area contributed by atoms with Crippen LogP contribution in [0.5, 0.6) is 0 Å². The summed E-state index contributed by atoms with van der Waals surface area (Å²) in [4.78, 5) is 22.9. The molecule has 6 heteroatoms. The minimum Gasteiger partial charge on any atom is -0.338 e. The Morgan fingerprint density at radius 1 is 1.24 bits per heavy atom. The van der Waals surface area contributed by atoms with Gasteiger partial charge in [0.15, 0.2) is 6.54 Å². The highest BCUT2D eigenvalue weighted by atomic mass is 19.1. The average molecular weight is 296 g/mol. The molecule has 1 aromatic carbocycles. The number of nitrogens with two attached hydrogens (primary N) is 1. The van der Waals surface area contributed by atoms with Crippen LogP contribution in [-0.4, -0.2) is 25.0 Å². The van der Waals surface area contributed by atoms with Gasteiger partial charge in [0.1, 0.15) is 11.9 Å². The van der Waals surface area contributed by atoms with Crippen molar-refractivity contribution in [3.8, 4) is 0 Å². The van der Waals surface area contributed by atoms with E-state index < -0.39 is 6.03 Å². The van der Waals surface area contributed by atoms with Crippen LogP contribution >= 0.6 is 0 Å². The summed E-state index contributed by atoms with van der Waals surface area (Å²) >= 11 is 0. The predicted molar refractivity (Wildman–Crippen MR) is 78.0 cm³/mol.